The van der Waals surface area contributed by atoms with E-state index in [1.54, 1.807) is 23.1 Å². The quantitative estimate of drug-likeness (QED) is 0.104. The van der Waals surface area contributed by atoms with E-state index in [1.807, 2.05) is 30.3 Å². The first-order chi connectivity index (χ1) is 19.4. The van der Waals surface area contributed by atoms with Crippen LogP contribution in [-0.4, -0.2) is 66.0 Å². The number of carbonyl (C=O) groups is 2. The lowest BCUT2D eigenvalue weighted by Crippen LogP contribution is -2.33. The molecule has 1 N–H and O–H groups in total. The van der Waals surface area contributed by atoms with Crippen LogP contribution in [0.5, 0.6) is 11.5 Å². The fourth-order valence-corrected chi connectivity index (χ4v) is 4.97. The van der Waals surface area contributed by atoms with E-state index in [0.29, 0.717) is 31.1 Å². The Kier molecular flexibility index (Phi) is 12.5. The van der Waals surface area contributed by atoms with Gasteiger partial charge < -0.3 is 24.4 Å². The van der Waals surface area contributed by atoms with Crippen LogP contribution in [0.2, 0.25) is 0 Å². The smallest absolute Gasteiger partial charge is 0.295 e. The first-order valence-corrected chi connectivity index (χ1v) is 14.9. The molecule has 0 bridgehead atoms. The lowest BCUT2D eigenvalue weighted by molar-refractivity contribution is -0.140. The van der Waals surface area contributed by atoms with E-state index >= 15 is 0 Å². The summed E-state index contributed by atoms with van der Waals surface area (Å²) in [6, 6.07) is 13.9. The molecule has 1 amide bonds. The van der Waals surface area contributed by atoms with Crippen molar-refractivity contribution in [2.75, 3.05) is 39.4 Å². The Balaban J connectivity index is 1.94. The molecular weight excluding hydrogens is 504 g/mol. The van der Waals surface area contributed by atoms with Gasteiger partial charge in [-0.3, -0.25) is 9.59 Å². The highest BCUT2D eigenvalue weighted by molar-refractivity contribution is 6.46. The molecule has 1 heterocycles. The van der Waals surface area contributed by atoms with Crippen molar-refractivity contribution < 1.29 is 24.2 Å². The first kappa shape index (κ1) is 31.2. The minimum absolute atomic E-state index is 0.107. The van der Waals surface area contributed by atoms with Crippen LogP contribution in [0.25, 0.3) is 5.76 Å². The largest absolute Gasteiger partial charge is 0.507 e. The molecule has 0 saturated carbocycles. The van der Waals surface area contributed by atoms with Gasteiger partial charge in [0.15, 0.2) is 0 Å². The molecule has 2 aromatic carbocycles. The van der Waals surface area contributed by atoms with Gasteiger partial charge in [-0.1, -0.05) is 71.2 Å². The van der Waals surface area contributed by atoms with Crippen molar-refractivity contribution in [3.05, 3.63) is 65.2 Å². The number of carbonyl (C=O) groups excluding carboxylic acids is 2. The zero-order valence-electron chi connectivity index (χ0n) is 24.7. The Morgan fingerprint density at radius 1 is 0.850 bits per heavy atom. The molecule has 1 atom stereocenters. The van der Waals surface area contributed by atoms with Crippen LogP contribution in [0.4, 0.5) is 0 Å². The van der Waals surface area contributed by atoms with Crippen molar-refractivity contribution in [3.8, 4) is 11.5 Å². The third kappa shape index (κ3) is 8.10. The Hall–Kier alpha value is -3.32. The average Bonchev–Trinajstić information content (AvgIpc) is 3.23. The summed E-state index contributed by atoms with van der Waals surface area (Å²) in [4.78, 5) is 30.6. The predicted octanol–water partition coefficient (Wildman–Crippen LogP) is 6.59. The standard InChI is InChI=1S/C33H46N2O5/c1-5-9-11-23-39-27-18-16-25(17-19-27)30-29(31(36)26-14-12-15-28(24-26)40-22-10-6-2)32(37)33(38)35(30)21-13-20-34(7-3)8-4/h12,14-19,24,30,36H,5-11,13,20-23H2,1-4H3/b31-29+. The van der Waals surface area contributed by atoms with Crippen molar-refractivity contribution >= 4 is 17.4 Å². The van der Waals surface area contributed by atoms with Gasteiger partial charge in [0.2, 0.25) is 0 Å². The molecule has 218 valence electrons. The SMILES string of the molecule is CCCCCOc1ccc(C2/C(=C(\O)c3cccc(OCCCC)c3)C(=O)C(=O)N2CCCN(CC)CC)cc1. The molecule has 1 unspecified atom stereocenters. The summed E-state index contributed by atoms with van der Waals surface area (Å²) < 4.78 is 11.7. The fourth-order valence-electron chi connectivity index (χ4n) is 4.97. The van der Waals surface area contributed by atoms with E-state index in [0.717, 1.165) is 69.5 Å². The number of hydrogen-bond donors (Lipinski definition) is 1. The lowest BCUT2D eigenvalue weighted by atomic mass is 9.95. The number of benzene rings is 2. The zero-order valence-corrected chi connectivity index (χ0v) is 24.7. The maximum Gasteiger partial charge on any atom is 0.295 e. The molecule has 2 aromatic rings. The molecule has 1 aliphatic heterocycles. The van der Waals surface area contributed by atoms with Crippen LogP contribution in [0.15, 0.2) is 54.1 Å². The Morgan fingerprint density at radius 2 is 1.52 bits per heavy atom. The van der Waals surface area contributed by atoms with Gasteiger partial charge in [0.05, 0.1) is 24.8 Å². The maximum absolute atomic E-state index is 13.4. The summed E-state index contributed by atoms with van der Waals surface area (Å²) >= 11 is 0. The van der Waals surface area contributed by atoms with Crippen LogP contribution in [0.1, 0.15) is 83.4 Å². The maximum atomic E-state index is 13.4. The lowest BCUT2D eigenvalue weighted by Gasteiger charge is -2.27. The van der Waals surface area contributed by atoms with Crippen LogP contribution in [0, 0.1) is 0 Å². The summed E-state index contributed by atoms with van der Waals surface area (Å²) in [6.07, 6.45) is 5.90. The molecule has 40 heavy (non-hydrogen) atoms. The van der Waals surface area contributed by atoms with Gasteiger partial charge in [-0.25, -0.2) is 0 Å². The zero-order chi connectivity index (χ0) is 28.9. The molecular formula is C33H46N2O5. The fraction of sp³-hybridized carbons (Fsp3) is 0.515. The Bertz CT molecular complexity index is 1120. The van der Waals surface area contributed by atoms with Gasteiger partial charge in [-0.15, -0.1) is 0 Å². The normalized spacial score (nSPS) is 16.6. The summed E-state index contributed by atoms with van der Waals surface area (Å²) in [6.45, 7) is 12.8. The molecule has 0 aromatic heterocycles. The summed E-state index contributed by atoms with van der Waals surface area (Å²) in [7, 11) is 0. The topological polar surface area (TPSA) is 79.3 Å². The molecule has 0 aliphatic carbocycles. The summed E-state index contributed by atoms with van der Waals surface area (Å²) in [5.41, 5.74) is 1.33. The number of rotatable bonds is 17. The number of nitrogens with zero attached hydrogens (tertiary/aromatic N) is 2. The van der Waals surface area contributed by atoms with Crippen molar-refractivity contribution in [1.82, 2.24) is 9.80 Å². The molecule has 7 heteroatoms. The number of aliphatic hydroxyl groups excluding tert-OH is 1. The van der Waals surface area contributed by atoms with Crippen LogP contribution < -0.4 is 9.47 Å². The van der Waals surface area contributed by atoms with E-state index in [-0.39, 0.29) is 11.3 Å². The second kappa shape index (κ2) is 16.1. The van der Waals surface area contributed by atoms with Crippen molar-refractivity contribution in [2.45, 2.75) is 72.3 Å². The Morgan fingerprint density at radius 3 is 2.20 bits per heavy atom. The van der Waals surface area contributed by atoms with Gasteiger partial charge in [-0.2, -0.15) is 0 Å². The van der Waals surface area contributed by atoms with Gasteiger partial charge >= 0.3 is 0 Å². The van der Waals surface area contributed by atoms with E-state index < -0.39 is 17.7 Å². The third-order valence-electron chi connectivity index (χ3n) is 7.39. The van der Waals surface area contributed by atoms with Gasteiger partial charge in [0.1, 0.15) is 17.3 Å². The van der Waals surface area contributed by atoms with Gasteiger partial charge in [-0.05, 0) is 68.7 Å². The van der Waals surface area contributed by atoms with E-state index in [1.165, 1.54) is 0 Å². The molecule has 1 fully saturated rings. The van der Waals surface area contributed by atoms with Crippen LogP contribution in [0.3, 0.4) is 0 Å². The second-order valence-electron chi connectivity index (χ2n) is 10.2. The van der Waals surface area contributed by atoms with Gasteiger partial charge in [0, 0.05) is 12.1 Å². The number of unbranched alkanes of at least 4 members (excludes halogenated alkanes) is 3. The number of hydrogen-bond acceptors (Lipinski definition) is 6. The molecule has 1 saturated heterocycles. The minimum Gasteiger partial charge on any atom is -0.507 e. The van der Waals surface area contributed by atoms with Crippen molar-refractivity contribution in [1.29, 1.82) is 0 Å². The van der Waals surface area contributed by atoms with E-state index in [4.69, 9.17) is 9.47 Å². The molecule has 0 spiro atoms. The molecule has 0 radical (unpaired) electrons. The first-order valence-electron chi connectivity index (χ1n) is 14.9. The van der Waals surface area contributed by atoms with Crippen LogP contribution >= 0.6 is 0 Å². The monoisotopic (exact) mass is 550 g/mol. The highest BCUT2D eigenvalue weighted by atomic mass is 16.5. The predicted molar refractivity (Wildman–Crippen MR) is 160 cm³/mol. The second-order valence-corrected chi connectivity index (χ2v) is 10.2. The number of Topliss-reactive ketones (excluding diaryl/α,β-unsaturated/α-hetero) is 1. The van der Waals surface area contributed by atoms with Crippen LogP contribution in [-0.2, 0) is 9.59 Å². The number of ether oxygens (including phenoxy) is 2. The summed E-state index contributed by atoms with van der Waals surface area (Å²) in [5.74, 6) is -0.0679. The summed E-state index contributed by atoms with van der Waals surface area (Å²) in [5, 5.41) is 11.5. The average molecular weight is 551 g/mol. The highest BCUT2D eigenvalue weighted by Gasteiger charge is 2.45. The number of aliphatic hydroxyl groups is 1. The molecule has 7 nitrogen and oxygen atoms in total. The minimum atomic E-state index is -0.685. The molecule has 1 aliphatic rings. The number of likely N-dealkylation sites (tertiary alicyclic amines) is 1. The van der Waals surface area contributed by atoms with E-state index in [9.17, 15) is 14.7 Å². The van der Waals surface area contributed by atoms with Crippen molar-refractivity contribution in [2.24, 2.45) is 0 Å². The van der Waals surface area contributed by atoms with E-state index in [2.05, 4.69) is 32.6 Å². The van der Waals surface area contributed by atoms with Gasteiger partial charge in [0.25, 0.3) is 11.7 Å². The molecule has 3 rings (SSSR count). The third-order valence-corrected chi connectivity index (χ3v) is 7.39. The van der Waals surface area contributed by atoms with Crippen molar-refractivity contribution in [3.63, 3.8) is 0 Å². The number of ketones is 1. The highest BCUT2D eigenvalue weighted by Crippen LogP contribution is 2.40. The number of amides is 1. The Labute approximate surface area is 239 Å².